The molecule has 2 aromatic rings. The Morgan fingerprint density at radius 2 is 1.93 bits per heavy atom. The van der Waals surface area contributed by atoms with Crippen molar-refractivity contribution >= 4 is 23.4 Å². The Kier molecular flexibility index (Phi) is 6.13. The van der Waals surface area contributed by atoms with Gasteiger partial charge in [0.15, 0.2) is 0 Å². The molecule has 0 saturated carbocycles. The Hall–Kier alpha value is -3.09. The Bertz CT molecular complexity index is 860. The van der Waals surface area contributed by atoms with E-state index in [9.17, 15) is 9.59 Å². The van der Waals surface area contributed by atoms with Gasteiger partial charge in [0.1, 0.15) is 5.82 Å². The maximum atomic E-state index is 12.9. The van der Waals surface area contributed by atoms with Crippen molar-refractivity contribution in [1.29, 1.82) is 0 Å². The fraction of sp³-hybridized carbons (Fsp3) is 0.381. The summed E-state index contributed by atoms with van der Waals surface area (Å²) in [5.74, 6) is 0.813. The summed E-state index contributed by atoms with van der Waals surface area (Å²) in [4.78, 5) is 33.4. The number of likely N-dealkylation sites (tertiary alicyclic amines) is 1. The zero-order valence-electron chi connectivity index (χ0n) is 16.7. The molecule has 1 aliphatic heterocycles. The van der Waals surface area contributed by atoms with Crippen LogP contribution in [0.2, 0.25) is 0 Å². The number of aryl methyl sites for hydroxylation is 1. The molecule has 1 aromatic heterocycles. The molecule has 0 bridgehead atoms. The maximum absolute atomic E-state index is 12.9. The summed E-state index contributed by atoms with van der Waals surface area (Å²) < 4.78 is 0. The number of nitrogens with one attached hydrogen (secondary N) is 2. The van der Waals surface area contributed by atoms with Crippen LogP contribution in [0.4, 0.5) is 16.3 Å². The zero-order chi connectivity index (χ0) is 20.1. The van der Waals surface area contributed by atoms with E-state index in [0.717, 1.165) is 42.9 Å². The highest BCUT2D eigenvalue weighted by Gasteiger charge is 2.24. The summed E-state index contributed by atoms with van der Waals surface area (Å²) in [6.07, 6.45) is 3.78. The third kappa shape index (κ3) is 4.60. The molecular formula is C21H27N5O2. The van der Waals surface area contributed by atoms with Gasteiger partial charge in [-0.05, 0) is 49.1 Å². The summed E-state index contributed by atoms with van der Waals surface area (Å²) in [5.41, 5.74) is 2.92. The van der Waals surface area contributed by atoms with Gasteiger partial charge in [0.25, 0.3) is 5.91 Å². The highest BCUT2D eigenvalue weighted by molar-refractivity contribution is 6.04. The first kappa shape index (κ1) is 19.7. The highest BCUT2D eigenvalue weighted by atomic mass is 16.2. The molecule has 0 aliphatic carbocycles. The van der Waals surface area contributed by atoms with E-state index in [1.54, 1.807) is 12.3 Å². The number of hydrogen-bond acceptors (Lipinski definition) is 4. The largest absolute Gasteiger partial charge is 0.363 e. The van der Waals surface area contributed by atoms with Gasteiger partial charge in [-0.1, -0.05) is 12.1 Å². The number of aromatic nitrogens is 1. The monoisotopic (exact) mass is 381 g/mol. The van der Waals surface area contributed by atoms with Crippen LogP contribution >= 0.6 is 0 Å². The number of rotatable bonds is 5. The van der Waals surface area contributed by atoms with Crippen molar-refractivity contribution in [3.05, 3.63) is 53.2 Å². The van der Waals surface area contributed by atoms with Crippen molar-refractivity contribution in [3.63, 3.8) is 0 Å². The Balaban J connectivity index is 1.68. The predicted molar refractivity (Wildman–Crippen MR) is 111 cm³/mol. The van der Waals surface area contributed by atoms with Gasteiger partial charge in [0.05, 0.1) is 11.3 Å². The van der Waals surface area contributed by atoms with E-state index in [1.165, 1.54) is 0 Å². The average Bonchev–Trinajstić information content (AvgIpc) is 3.21. The highest BCUT2D eigenvalue weighted by Crippen LogP contribution is 2.23. The Morgan fingerprint density at radius 1 is 1.18 bits per heavy atom. The fourth-order valence-electron chi connectivity index (χ4n) is 3.30. The first-order chi connectivity index (χ1) is 13.5. The van der Waals surface area contributed by atoms with E-state index in [1.807, 2.05) is 55.1 Å². The smallest absolute Gasteiger partial charge is 0.319 e. The summed E-state index contributed by atoms with van der Waals surface area (Å²) >= 11 is 0. The topological polar surface area (TPSA) is 77.6 Å². The van der Waals surface area contributed by atoms with Gasteiger partial charge in [0, 0.05) is 39.9 Å². The molecular weight excluding hydrogens is 354 g/mol. The lowest BCUT2D eigenvalue weighted by Gasteiger charge is -2.20. The van der Waals surface area contributed by atoms with Gasteiger partial charge < -0.3 is 20.4 Å². The minimum absolute atomic E-state index is 0.0179. The lowest BCUT2D eigenvalue weighted by Crippen LogP contribution is -2.32. The lowest BCUT2D eigenvalue weighted by atomic mass is 10.1. The summed E-state index contributed by atoms with van der Waals surface area (Å²) in [7, 11) is 3.84. The molecule has 0 unspecified atom stereocenters. The van der Waals surface area contributed by atoms with Gasteiger partial charge in [-0.3, -0.25) is 4.79 Å². The van der Waals surface area contributed by atoms with E-state index in [2.05, 4.69) is 15.6 Å². The minimum atomic E-state index is -0.343. The molecule has 2 heterocycles. The summed E-state index contributed by atoms with van der Waals surface area (Å²) in [5, 5.41) is 5.69. The molecule has 7 nitrogen and oxygen atoms in total. The maximum Gasteiger partial charge on any atom is 0.319 e. The summed E-state index contributed by atoms with van der Waals surface area (Å²) in [6, 6.07) is 8.96. The minimum Gasteiger partial charge on any atom is -0.363 e. The number of carbonyl (C=O) groups excluding carboxylic acids is 2. The van der Waals surface area contributed by atoms with Crippen molar-refractivity contribution in [3.8, 4) is 0 Å². The van der Waals surface area contributed by atoms with Gasteiger partial charge in [-0.25, -0.2) is 9.78 Å². The van der Waals surface area contributed by atoms with Crippen LogP contribution in [0.1, 0.15) is 34.3 Å². The second-order valence-electron chi connectivity index (χ2n) is 7.22. The second kappa shape index (κ2) is 8.73. The first-order valence-electron chi connectivity index (χ1n) is 9.51. The zero-order valence-corrected chi connectivity index (χ0v) is 16.7. The van der Waals surface area contributed by atoms with Crippen LogP contribution in [0.15, 0.2) is 36.5 Å². The van der Waals surface area contributed by atoms with Gasteiger partial charge in [0.2, 0.25) is 0 Å². The van der Waals surface area contributed by atoms with E-state index in [-0.39, 0.29) is 11.9 Å². The molecule has 28 heavy (non-hydrogen) atoms. The molecule has 148 valence electrons. The molecule has 2 N–H and O–H groups in total. The van der Waals surface area contributed by atoms with Crippen LogP contribution in [0.25, 0.3) is 0 Å². The van der Waals surface area contributed by atoms with Crippen LogP contribution in [-0.2, 0) is 6.54 Å². The first-order valence-corrected chi connectivity index (χ1v) is 9.51. The molecule has 7 heteroatoms. The molecule has 3 amide bonds. The predicted octanol–water partition coefficient (Wildman–Crippen LogP) is 3.01. The normalized spacial score (nSPS) is 13.3. The fourth-order valence-corrected chi connectivity index (χ4v) is 3.30. The number of hydrogen-bond donors (Lipinski definition) is 2. The van der Waals surface area contributed by atoms with Crippen LogP contribution in [0.3, 0.4) is 0 Å². The number of nitrogens with zero attached hydrogens (tertiary/aromatic N) is 3. The SMILES string of the molecule is Cc1cccc(NC(=O)NCc2ccnc(N(C)C)c2)c1C(=O)N1CCCC1. The van der Waals surface area contributed by atoms with Crippen molar-refractivity contribution in [2.75, 3.05) is 37.4 Å². The lowest BCUT2D eigenvalue weighted by molar-refractivity contribution is 0.0793. The standard InChI is InChI=1S/C21H27N5O2/c1-15-7-6-8-17(19(15)20(27)26-11-4-5-12-26)24-21(28)23-14-16-9-10-22-18(13-16)25(2)3/h6-10,13H,4-5,11-12,14H2,1-3H3,(H2,23,24,28). The van der Waals surface area contributed by atoms with Crippen molar-refractivity contribution in [1.82, 2.24) is 15.2 Å². The molecule has 1 saturated heterocycles. The molecule has 0 spiro atoms. The Labute approximate surface area is 165 Å². The van der Waals surface area contributed by atoms with Crippen molar-refractivity contribution in [2.45, 2.75) is 26.3 Å². The molecule has 0 atom stereocenters. The second-order valence-corrected chi connectivity index (χ2v) is 7.22. The van der Waals surface area contributed by atoms with Crippen molar-refractivity contribution in [2.24, 2.45) is 0 Å². The van der Waals surface area contributed by atoms with Crippen molar-refractivity contribution < 1.29 is 9.59 Å². The molecule has 1 aromatic carbocycles. The van der Waals surface area contributed by atoms with Gasteiger partial charge in [-0.2, -0.15) is 0 Å². The Morgan fingerprint density at radius 3 is 2.64 bits per heavy atom. The van der Waals surface area contributed by atoms with E-state index >= 15 is 0 Å². The quantitative estimate of drug-likeness (QED) is 0.835. The number of carbonyl (C=O) groups is 2. The van der Waals surface area contributed by atoms with Crippen LogP contribution in [-0.4, -0.2) is 49.0 Å². The van der Waals surface area contributed by atoms with Gasteiger partial charge in [-0.15, -0.1) is 0 Å². The third-order valence-electron chi connectivity index (χ3n) is 4.85. The van der Waals surface area contributed by atoms with Crippen LogP contribution in [0, 0.1) is 6.92 Å². The van der Waals surface area contributed by atoms with Gasteiger partial charge >= 0.3 is 6.03 Å². The molecule has 1 aliphatic rings. The average molecular weight is 381 g/mol. The third-order valence-corrected chi connectivity index (χ3v) is 4.85. The molecule has 0 radical (unpaired) electrons. The number of pyridine rings is 1. The number of urea groups is 1. The van der Waals surface area contributed by atoms with E-state index < -0.39 is 0 Å². The number of amides is 3. The number of benzene rings is 1. The molecule has 1 fully saturated rings. The number of anilines is 2. The van der Waals surface area contributed by atoms with Crippen LogP contribution in [0.5, 0.6) is 0 Å². The van der Waals surface area contributed by atoms with Crippen LogP contribution < -0.4 is 15.5 Å². The molecule has 3 rings (SSSR count). The van der Waals surface area contributed by atoms with E-state index in [4.69, 9.17) is 0 Å². The van der Waals surface area contributed by atoms with E-state index in [0.29, 0.717) is 17.8 Å². The summed E-state index contributed by atoms with van der Waals surface area (Å²) in [6.45, 7) is 3.81.